The van der Waals surface area contributed by atoms with Gasteiger partial charge in [0.2, 0.25) is 0 Å². The summed E-state index contributed by atoms with van der Waals surface area (Å²) < 4.78 is 12.9. The first-order valence-electron chi connectivity index (χ1n) is 10.4. The van der Waals surface area contributed by atoms with E-state index in [9.17, 15) is 20.4 Å². The number of methoxy groups -OCH3 is 1. The van der Waals surface area contributed by atoms with Crippen molar-refractivity contribution in [1.29, 1.82) is 0 Å². The van der Waals surface area contributed by atoms with Gasteiger partial charge in [-0.1, -0.05) is 24.3 Å². The molecule has 4 rings (SSSR count). The third kappa shape index (κ3) is 3.84. The normalized spacial score (nSPS) is 26.4. The highest BCUT2D eigenvalue weighted by atomic mass is 16.6. The fraction of sp³-hybridized carbons (Fsp3) is 0.417. The Kier molecular flexibility index (Phi) is 6.05. The standard InChI is InChI=1S/C24H29NO6/c1-13-4-5-14(2)20-19(13)16(10-15-6-8-17(30-3)9-7-15)11-25(20)24-23(29)22(28)21(27)18(12-26)31-24/h4-9,11,18,21-24,26-29H,10,12H2,1-3H3/t18-,21-,22+,23-,24-/m1/s1. The van der Waals surface area contributed by atoms with E-state index in [-0.39, 0.29) is 0 Å². The lowest BCUT2D eigenvalue weighted by Gasteiger charge is -2.40. The summed E-state index contributed by atoms with van der Waals surface area (Å²) in [4.78, 5) is 0. The summed E-state index contributed by atoms with van der Waals surface area (Å²) in [5.74, 6) is 0.791. The molecule has 0 unspecified atom stereocenters. The van der Waals surface area contributed by atoms with Crippen LogP contribution in [0.4, 0.5) is 0 Å². The number of benzene rings is 2. The fourth-order valence-electron chi connectivity index (χ4n) is 4.44. The Morgan fingerprint density at radius 2 is 1.61 bits per heavy atom. The predicted molar refractivity (Wildman–Crippen MR) is 116 cm³/mol. The molecule has 0 spiro atoms. The molecular formula is C24H29NO6. The predicted octanol–water partition coefficient (Wildman–Crippen LogP) is 1.83. The molecule has 0 bridgehead atoms. The van der Waals surface area contributed by atoms with E-state index in [0.29, 0.717) is 6.42 Å². The highest BCUT2D eigenvalue weighted by Gasteiger charge is 2.44. The second kappa shape index (κ2) is 8.61. The molecule has 7 nitrogen and oxygen atoms in total. The van der Waals surface area contributed by atoms with Gasteiger partial charge in [0, 0.05) is 11.6 Å². The highest BCUT2D eigenvalue weighted by Crippen LogP contribution is 2.36. The molecule has 1 aliphatic heterocycles. The van der Waals surface area contributed by atoms with E-state index >= 15 is 0 Å². The summed E-state index contributed by atoms with van der Waals surface area (Å²) in [5, 5.41) is 41.8. The topological polar surface area (TPSA) is 104 Å². The van der Waals surface area contributed by atoms with Crippen LogP contribution in [0.15, 0.2) is 42.6 Å². The van der Waals surface area contributed by atoms with Crippen LogP contribution < -0.4 is 4.74 Å². The van der Waals surface area contributed by atoms with E-state index in [2.05, 4.69) is 6.07 Å². The van der Waals surface area contributed by atoms with Crippen LogP contribution in [0.2, 0.25) is 0 Å². The minimum absolute atomic E-state index is 0.461. The maximum absolute atomic E-state index is 10.7. The van der Waals surface area contributed by atoms with Crippen LogP contribution in [0, 0.1) is 13.8 Å². The molecule has 0 saturated carbocycles. The third-order valence-electron chi connectivity index (χ3n) is 6.16. The summed E-state index contributed by atoms with van der Waals surface area (Å²) in [6.45, 7) is 3.56. The average Bonchev–Trinajstić information content (AvgIpc) is 3.15. The van der Waals surface area contributed by atoms with Gasteiger partial charge in [-0.15, -0.1) is 0 Å². The Morgan fingerprint density at radius 1 is 0.935 bits per heavy atom. The van der Waals surface area contributed by atoms with Crippen molar-refractivity contribution in [2.75, 3.05) is 13.7 Å². The van der Waals surface area contributed by atoms with Gasteiger partial charge in [-0.2, -0.15) is 0 Å². The molecule has 2 heterocycles. The molecule has 0 aliphatic carbocycles. The zero-order valence-electron chi connectivity index (χ0n) is 17.9. The van der Waals surface area contributed by atoms with E-state index in [1.165, 1.54) is 0 Å². The number of rotatable bonds is 5. The van der Waals surface area contributed by atoms with E-state index in [0.717, 1.165) is 38.9 Å². The maximum atomic E-state index is 10.7. The molecular weight excluding hydrogens is 398 g/mol. The minimum Gasteiger partial charge on any atom is -0.497 e. The van der Waals surface area contributed by atoms with Crippen molar-refractivity contribution in [1.82, 2.24) is 4.57 Å². The Labute approximate surface area is 181 Å². The highest BCUT2D eigenvalue weighted by molar-refractivity contribution is 5.90. The van der Waals surface area contributed by atoms with Crippen molar-refractivity contribution in [3.05, 3.63) is 64.8 Å². The number of aryl methyl sites for hydroxylation is 2. The lowest BCUT2D eigenvalue weighted by atomic mass is 9.98. The van der Waals surface area contributed by atoms with Crippen LogP contribution in [0.5, 0.6) is 5.75 Å². The van der Waals surface area contributed by atoms with Gasteiger partial charge in [0.15, 0.2) is 6.23 Å². The number of aromatic nitrogens is 1. The number of ether oxygens (including phenoxy) is 2. The first-order valence-corrected chi connectivity index (χ1v) is 10.4. The third-order valence-corrected chi connectivity index (χ3v) is 6.16. The van der Waals surface area contributed by atoms with Gasteiger partial charge in [0.05, 0.1) is 19.2 Å². The van der Waals surface area contributed by atoms with E-state index in [1.807, 2.05) is 54.9 Å². The van der Waals surface area contributed by atoms with Crippen LogP contribution >= 0.6 is 0 Å². The first-order chi connectivity index (χ1) is 14.8. The van der Waals surface area contributed by atoms with Crippen LogP contribution in [-0.4, -0.2) is 63.1 Å². The molecule has 4 N–H and O–H groups in total. The second-order valence-corrected chi connectivity index (χ2v) is 8.23. The SMILES string of the molecule is COc1ccc(Cc2cn([C@@H]3O[C@H](CO)[C@@H](O)[C@H](O)[C@H]3O)c3c(C)ccc(C)c23)cc1. The Bertz CT molecular complexity index is 1060. The quantitative estimate of drug-likeness (QED) is 0.495. The molecule has 1 saturated heterocycles. The average molecular weight is 427 g/mol. The minimum atomic E-state index is -1.43. The zero-order chi connectivity index (χ0) is 22.3. The molecule has 1 aromatic heterocycles. The Hall–Kier alpha value is -2.42. The molecule has 7 heteroatoms. The largest absolute Gasteiger partial charge is 0.497 e. The van der Waals surface area contributed by atoms with E-state index < -0.39 is 37.3 Å². The summed E-state index contributed by atoms with van der Waals surface area (Å²) in [6.07, 6.45) is -3.47. The number of hydrogen-bond donors (Lipinski definition) is 4. The Morgan fingerprint density at radius 3 is 2.26 bits per heavy atom. The second-order valence-electron chi connectivity index (χ2n) is 8.23. The van der Waals surface area contributed by atoms with Crippen LogP contribution in [-0.2, 0) is 11.2 Å². The smallest absolute Gasteiger partial charge is 0.163 e. The van der Waals surface area contributed by atoms with Crippen molar-refractivity contribution in [2.45, 2.75) is 50.9 Å². The molecule has 5 atom stereocenters. The first kappa shape index (κ1) is 21.8. The van der Waals surface area contributed by atoms with Crippen molar-refractivity contribution >= 4 is 10.9 Å². The van der Waals surface area contributed by atoms with Crippen LogP contribution in [0.1, 0.15) is 28.5 Å². The molecule has 166 valence electrons. The van der Waals surface area contributed by atoms with Crippen molar-refractivity contribution in [3.63, 3.8) is 0 Å². The van der Waals surface area contributed by atoms with Gasteiger partial charge in [0.25, 0.3) is 0 Å². The molecule has 2 aromatic carbocycles. The van der Waals surface area contributed by atoms with Crippen molar-refractivity contribution in [2.24, 2.45) is 0 Å². The van der Waals surface area contributed by atoms with Crippen LogP contribution in [0.25, 0.3) is 10.9 Å². The molecule has 31 heavy (non-hydrogen) atoms. The lowest BCUT2D eigenvalue weighted by Crippen LogP contribution is -2.56. The monoisotopic (exact) mass is 427 g/mol. The number of aliphatic hydroxyl groups is 4. The van der Waals surface area contributed by atoms with Gasteiger partial charge in [0.1, 0.15) is 30.2 Å². The van der Waals surface area contributed by atoms with Gasteiger partial charge in [-0.05, 0) is 54.7 Å². The Balaban J connectivity index is 1.81. The number of aliphatic hydroxyl groups excluding tert-OH is 4. The maximum Gasteiger partial charge on any atom is 0.163 e. The summed E-state index contributed by atoms with van der Waals surface area (Å²) >= 11 is 0. The van der Waals surface area contributed by atoms with Gasteiger partial charge in [-0.3, -0.25) is 0 Å². The number of nitrogens with zero attached hydrogens (tertiary/aromatic N) is 1. The fourth-order valence-corrected chi connectivity index (χ4v) is 4.44. The number of hydrogen-bond acceptors (Lipinski definition) is 6. The van der Waals surface area contributed by atoms with Gasteiger partial charge >= 0.3 is 0 Å². The van der Waals surface area contributed by atoms with E-state index in [4.69, 9.17) is 9.47 Å². The zero-order valence-corrected chi connectivity index (χ0v) is 17.9. The molecule has 1 fully saturated rings. The van der Waals surface area contributed by atoms with Crippen LogP contribution in [0.3, 0.4) is 0 Å². The molecule has 3 aromatic rings. The molecule has 1 aliphatic rings. The van der Waals surface area contributed by atoms with Crippen molar-refractivity contribution < 1.29 is 29.9 Å². The van der Waals surface area contributed by atoms with Gasteiger partial charge in [-0.25, -0.2) is 0 Å². The molecule has 0 amide bonds. The summed E-state index contributed by atoms with van der Waals surface area (Å²) in [5.41, 5.74) is 5.15. The number of fused-ring (bicyclic) bond motifs is 1. The molecule has 0 radical (unpaired) electrons. The lowest BCUT2D eigenvalue weighted by molar-refractivity contribution is -0.250. The van der Waals surface area contributed by atoms with E-state index in [1.54, 1.807) is 7.11 Å². The van der Waals surface area contributed by atoms with Gasteiger partial charge < -0.3 is 34.5 Å². The van der Waals surface area contributed by atoms with Crippen molar-refractivity contribution in [3.8, 4) is 5.75 Å². The summed E-state index contributed by atoms with van der Waals surface area (Å²) in [6, 6.07) is 11.9. The summed E-state index contributed by atoms with van der Waals surface area (Å²) in [7, 11) is 1.63.